The van der Waals surface area contributed by atoms with Crippen molar-refractivity contribution in [3.05, 3.63) is 11.3 Å². The number of amides is 1. The highest BCUT2D eigenvalue weighted by Crippen LogP contribution is 2.01. The Morgan fingerprint density at radius 2 is 1.91 bits per heavy atom. The summed E-state index contributed by atoms with van der Waals surface area (Å²) in [4.78, 5) is 10.4. The van der Waals surface area contributed by atoms with Crippen LogP contribution in [0.1, 0.15) is 0 Å². The van der Waals surface area contributed by atoms with E-state index in [0.717, 1.165) is 7.11 Å². The first kappa shape index (κ1) is 8.99. The van der Waals surface area contributed by atoms with Gasteiger partial charge in [0.2, 0.25) is 5.76 Å². The number of methoxy groups -OCH3 is 1. The van der Waals surface area contributed by atoms with E-state index in [4.69, 9.17) is 16.3 Å². The van der Waals surface area contributed by atoms with Gasteiger partial charge < -0.3 is 10.5 Å². The molecule has 56 valence electrons. The summed E-state index contributed by atoms with van der Waals surface area (Å²) in [5, 5.41) is 16.5. The molecule has 0 aromatic rings. The Balaban J connectivity index is 5.03. The summed E-state index contributed by atoms with van der Waals surface area (Å²) in [5.41, 5.74) is 4.36. The first-order chi connectivity index (χ1) is 5.17. The van der Waals surface area contributed by atoms with E-state index in [0.29, 0.717) is 0 Å². The fraction of sp³-hybridized carbons (Fsp3) is 0.167. The Labute approximate surface area is 63.3 Å². The second kappa shape index (κ2) is 3.91. The normalized spacial score (nSPS) is 7.18. The van der Waals surface area contributed by atoms with Crippen LogP contribution in [-0.2, 0) is 9.53 Å². The van der Waals surface area contributed by atoms with Gasteiger partial charge in [-0.1, -0.05) is 0 Å². The smallest absolute Gasteiger partial charge is 0.285 e. The molecule has 0 radical (unpaired) electrons. The molecule has 5 heteroatoms. The van der Waals surface area contributed by atoms with Gasteiger partial charge in [-0.15, -0.1) is 0 Å². The van der Waals surface area contributed by atoms with Crippen LogP contribution in [0.2, 0.25) is 0 Å². The average Bonchev–Trinajstić information content (AvgIpc) is 1.99. The Morgan fingerprint density at radius 1 is 1.45 bits per heavy atom. The number of carbonyl (C=O) groups is 1. The Bertz CT molecular complexity index is 263. The Kier molecular flexibility index (Phi) is 3.20. The molecule has 0 unspecified atom stereocenters. The van der Waals surface area contributed by atoms with Crippen LogP contribution in [0.25, 0.3) is 0 Å². The predicted octanol–water partition coefficient (Wildman–Crippen LogP) is -0.581. The summed E-state index contributed by atoms with van der Waals surface area (Å²) < 4.78 is 4.42. The highest BCUT2D eigenvalue weighted by Gasteiger charge is 2.11. The monoisotopic (exact) mass is 151 g/mol. The lowest BCUT2D eigenvalue weighted by molar-refractivity contribution is -0.117. The molecule has 5 nitrogen and oxygen atoms in total. The summed E-state index contributed by atoms with van der Waals surface area (Å²) in [5.74, 6) is -1.33. The van der Waals surface area contributed by atoms with Crippen LogP contribution in [0.4, 0.5) is 0 Å². The maximum Gasteiger partial charge on any atom is 0.285 e. The van der Waals surface area contributed by atoms with Crippen molar-refractivity contribution in [3.63, 3.8) is 0 Å². The van der Waals surface area contributed by atoms with E-state index in [-0.39, 0.29) is 0 Å². The molecule has 11 heavy (non-hydrogen) atoms. The fourth-order valence-corrected chi connectivity index (χ4v) is 0.452. The van der Waals surface area contributed by atoms with Gasteiger partial charge in [0.25, 0.3) is 5.91 Å². The third kappa shape index (κ3) is 1.99. The molecule has 0 rings (SSSR count). The summed E-state index contributed by atoms with van der Waals surface area (Å²) in [6, 6.07) is 2.95. The van der Waals surface area contributed by atoms with E-state index >= 15 is 0 Å². The SMILES string of the molecule is COC(C(N)=O)=C(C#N)C#N. The second-order valence-corrected chi connectivity index (χ2v) is 1.50. The third-order valence-corrected chi connectivity index (χ3v) is 0.879. The topological polar surface area (TPSA) is 99.9 Å². The first-order valence-electron chi connectivity index (χ1n) is 2.55. The molecule has 0 aliphatic rings. The zero-order valence-electron chi connectivity index (χ0n) is 5.79. The van der Waals surface area contributed by atoms with Gasteiger partial charge in [0.1, 0.15) is 12.1 Å². The van der Waals surface area contributed by atoms with Crippen molar-refractivity contribution < 1.29 is 9.53 Å². The van der Waals surface area contributed by atoms with Crippen LogP contribution in [0.5, 0.6) is 0 Å². The van der Waals surface area contributed by atoms with Gasteiger partial charge in [-0.05, 0) is 0 Å². The summed E-state index contributed by atoms with van der Waals surface area (Å²) >= 11 is 0. The Morgan fingerprint density at radius 3 is 2.00 bits per heavy atom. The maximum atomic E-state index is 10.4. The van der Waals surface area contributed by atoms with E-state index in [2.05, 4.69) is 4.74 Å². The minimum Gasteiger partial charge on any atom is -0.490 e. The van der Waals surface area contributed by atoms with Crippen LogP contribution >= 0.6 is 0 Å². The van der Waals surface area contributed by atoms with Gasteiger partial charge in [0.15, 0.2) is 5.57 Å². The van der Waals surface area contributed by atoms with E-state index in [1.54, 1.807) is 0 Å². The number of carbonyl (C=O) groups excluding carboxylic acids is 1. The number of rotatable bonds is 2. The van der Waals surface area contributed by atoms with Crippen molar-refractivity contribution in [2.75, 3.05) is 7.11 Å². The van der Waals surface area contributed by atoms with Crippen LogP contribution in [0.15, 0.2) is 11.3 Å². The van der Waals surface area contributed by atoms with Crippen molar-refractivity contribution in [2.45, 2.75) is 0 Å². The van der Waals surface area contributed by atoms with E-state index < -0.39 is 17.2 Å². The van der Waals surface area contributed by atoms with Crippen molar-refractivity contribution in [1.29, 1.82) is 10.5 Å². The lowest BCUT2D eigenvalue weighted by atomic mass is 10.2. The highest BCUT2D eigenvalue weighted by atomic mass is 16.5. The van der Waals surface area contributed by atoms with Gasteiger partial charge in [-0.3, -0.25) is 4.79 Å². The fourth-order valence-electron chi connectivity index (χ4n) is 0.452. The van der Waals surface area contributed by atoms with Gasteiger partial charge in [0, 0.05) is 0 Å². The van der Waals surface area contributed by atoms with Gasteiger partial charge in [-0.2, -0.15) is 10.5 Å². The first-order valence-corrected chi connectivity index (χ1v) is 2.55. The van der Waals surface area contributed by atoms with Gasteiger partial charge >= 0.3 is 0 Å². The van der Waals surface area contributed by atoms with Crippen LogP contribution < -0.4 is 5.73 Å². The number of nitrogens with zero attached hydrogens (tertiary/aromatic N) is 2. The summed E-state index contributed by atoms with van der Waals surface area (Å²) in [6.45, 7) is 0. The van der Waals surface area contributed by atoms with Crippen molar-refractivity contribution >= 4 is 5.91 Å². The lowest BCUT2D eigenvalue weighted by Gasteiger charge is -1.98. The number of hydrogen-bond acceptors (Lipinski definition) is 4. The minimum atomic E-state index is -0.925. The molecule has 0 aliphatic heterocycles. The highest BCUT2D eigenvalue weighted by molar-refractivity contribution is 5.92. The number of hydrogen-bond donors (Lipinski definition) is 1. The number of primary amides is 1. The third-order valence-electron chi connectivity index (χ3n) is 0.879. The van der Waals surface area contributed by atoms with E-state index in [9.17, 15) is 4.79 Å². The Hall–Kier alpha value is -2.01. The zero-order valence-corrected chi connectivity index (χ0v) is 5.79. The van der Waals surface area contributed by atoms with Gasteiger partial charge in [0.05, 0.1) is 7.11 Å². The number of allylic oxidation sites excluding steroid dienone is 1. The molecule has 0 atom stereocenters. The predicted molar refractivity (Wildman–Crippen MR) is 34.5 cm³/mol. The van der Waals surface area contributed by atoms with Crippen LogP contribution in [-0.4, -0.2) is 13.0 Å². The molecule has 0 aromatic carbocycles. The molecule has 0 spiro atoms. The summed E-state index contributed by atoms with van der Waals surface area (Å²) in [6.07, 6.45) is 0. The van der Waals surface area contributed by atoms with E-state index in [1.165, 1.54) is 12.1 Å². The number of nitriles is 2. The van der Waals surface area contributed by atoms with Crippen LogP contribution in [0.3, 0.4) is 0 Å². The molecule has 0 aromatic heterocycles. The molecule has 0 saturated heterocycles. The quantitative estimate of drug-likeness (QED) is 0.324. The minimum absolute atomic E-state index is 0.407. The largest absolute Gasteiger partial charge is 0.490 e. The molecule has 0 fully saturated rings. The zero-order chi connectivity index (χ0) is 8.85. The maximum absolute atomic E-state index is 10.4. The van der Waals surface area contributed by atoms with E-state index in [1.807, 2.05) is 0 Å². The summed E-state index contributed by atoms with van der Waals surface area (Å²) in [7, 11) is 1.16. The van der Waals surface area contributed by atoms with Crippen molar-refractivity contribution in [3.8, 4) is 12.1 Å². The standard InChI is InChI=1S/C6H5N3O2/c1-11-5(6(9)10)4(2-7)3-8/h1H3,(H2,9,10). The van der Waals surface area contributed by atoms with Crippen LogP contribution in [0, 0.1) is 22.7 Å². The molecular formula is C6H5N3O2. The average molecular weight is 151 g/mol. The van der Waals surface area contributed by atoms with Crippen molar-refractivity contribution in [2.24, 2.45) is 5.73 Å². The molecule has 0 aliphatic carbocycles. The molecule has 1 amide bonds. The number of ether oxygens (including phenoxy) is 1. The second-order valence-electron chi connectivity index (χ2n) is 1.50. The molecule has 0 heterocycles. The number of nitrogens with two attached hydrogens (primary N) is 1. The van der Waals surface area contributed by atoms with Crippen molar-refractivity contribution in [1.82, 2.24) is 0 Å². The molecule has 0 bridgehead atoms. The molecule has 2 N–H and O–H groups in total. The lowest BCUT2D eigenvalue weighted by Crippen LogP contribution is -2.16. The molecular weight excluding hydrogens is 146 g/mol. The molecule has 0 saturated carbocycles. The van der Waals surface area contributed by atoms with Gasteiger partial charge in [-0.25, -0.2) is 0 Å².